The lowest BCUT2D eigenvalue weighted by Crippen LogP contribution is -2.20. The summed E-state index contributed by atoms with van der Waals surface area (Å²) in [6.45, 7) is 9.92. The second kappa shape index (κ2) is 6.26. The van der Waals surface area contributed by atoms with Crippen LogP contribution in [0.2, 0.25) is 0 Å². The Kier molecular flexibility index (Phi) is 4.63. The summed E-state index contributed by atoms with van der Waals surface area (Å²) in [5.41, 5.74) is 4.22. The molecule has 0 saturated carbocycles. The largest absolute Gasteiger partial charge is 0.483 e. The maximum absolute atomic E-state index is 11.9. The minimum Gasteiger partial charge on any atom is -0.483 e. The normalized spacial score (nSPS) is 10.5. The fourth-order valence-electron chi connectivity index (χ4n) is 2.21. The second-order valence-corrected chi connectivity index (χ2v) is 6.43. The lowest BCUT2D eigenvalue weighted by atomic mass is 10.1. The zero-order valence-electron chi connectivity index (χ0n) is 13.0. The molecule has 0 atom stereocenters. The quantitative estimate of drug-likeness (QED) is 0.937. The summed E-state index contributed by atoms with van der Waals surface area (Å²) in [6.07, 6.45) is 0. The van der Waals surface area contributed by atoms with Crippen LogP contribution in [0.5, 0.6) is 5.75 Å². The standard InChI is InChI=1S/C16H20N2O2S/c1-9-6-10(2)15(11(3)7-9)20-8-14(19)18-16-17-12(4)13(5)21-16/h6-7H,8H2,1-5H3,(H,17,18,19). The molecular weight excluding hydrogens is 284 g/mol. The fourth-order valence-corrected chi connectivity index (χ4v) is 3.04. The van der Waals surface area contributed by atoms with Crippen molar-refractivity contribution in [1.29, 1.82) is 0 Å². The third-order valence-electron chi connectivity index (χ3n) is 3.23. The lowest BCUT2D eigenvalue weighted by Gasteiger charge is -2.12. The summed E-state index contributed by atoms with van der Waals surface area (Å²) in [6, 6.07) is 4.10. The van der Waals surface area contributed by atoms with Crippen molar-refractivity contribution in [2.45, 2.75) is 34.6 Å². The highest BCUT2D eigenvalue weighted by atomic mass is 32.1. The van der Waals surface area contributed by atoms with Crippen LogP contribution in [0.25, 0.3) is 0 Å². The first-order valence-electron chi connectivity index (χ1n) is 6.81. The molecule has 2 rings (SSSR count). The van der Waals surface area contributed by atoms with Gasteiger partial charge in [0.1, 0.15) is 5.75 Å². The minimum absolute atomic E-state index is 0.0115. The Balaban J connectivity index is 1.98. The summed E-state index contributed by atoms with van der Waals surface area (Å²) < 4.78 is 5.66. The predicted octanol–water partition coefficient (Wildman–Crippen LogP) is 3.70. The summed E-state index contributed by atoms with van der Waals surface area (Å²) in [7, 11) is 0. The number of aromatic nitrogens is 1. The van der Waals surface area contributed by atoms with Crippen LogP contribution in [-0.4, -0.2) is 17.5 Å². The average molecular weight is 304 g/mol. The van der Waals surface area contributed by atoms with Crippen LogP contribution >= 0.6 is 11.3 Å². The van der Waals surface area contributed by atoms with Gasteiger partial charge in [-0.25, -0.2) is 4.98 Å². The number of hydrogen-bond acceptors (Lipinski definition) is 4. The molecule has 0 aliphatic heterocycles. The first kappa shape index (κ1) is 15.5. The molecule has 4 nitrogen and oxygen atoms in total. The highest BCUT2D eigenvalue weighted by Crippen LogP contribution is 2.25. The van der Waals surface area contributed by atoms with Gasteiger partial charge in [0.15, 0.2) is 11.7 Å². The number of benzene rings is 1. The van der Waals surface area contributed by atoms with Gasteiger partial charge in [-0.2, -0.15) is 0 Å². The maximum Gasteiger partial charge on any atom is 0.264 e. The molecule has 0 aliphatic carbocycles. The number of carbonyl (C=O) groups is 1. The van der Waals surface area contributed by atoms with Gasteiger partial charge in [0.2, 0.25) is 0 Å². The molecule has 112 valence electrons. The Morgan fingerprint density at radius 2 is 1.81 bits per heavy atom. The van der Waals surface area contributed by atoms with E-state index in [4.69, 9.17) is 4.74 Å². The highest BCUT2D eigenvalue weighted by molar-refractivity contribution is 7.15. The van der Waals surface area contributed by atoms with E-state index in [1.807, 2.05) is 46.8 Å². The number of amides is 1. The van der Waals surface area contributed by atoms with Gasteiger partial charge in [-0.15, -0.1) is 11.3 Å². The molecule has 0 aliphatic rings. The van der Waals surface area contributed by atoms with E-state index in [9.17, 15) is 4.79 Å². The molecule has 0 spiro atoms. The highest BCUT2D eigenvalue weighted by Gasteiger charge is 2.11. The van der Waals surface area contributed by atoms with Crippen molar-refractivity contribution in [2.75, 3.05) is 11.9 Å². The van der Waals surface area contributed by atoms with Crippen LogP contribution in [0.15, 0.2) is 12.1 Å². The molecule has 21 heavy (non-hydrogen) atoms. The van der Waals surface area contributed by atoms with Gasteiger partial charge >= 0.3 is 0 Å². The van der Waals surface area contributed by atoms with Gasteiger partial charge in [-0.05, 0) is 45.7 Å². The van der Waals surface area contributed by atoms with Gasteiger partial charge in [-0.1, -0.05) is 17.7 Å². The topological polar surface area (TPSA) is 51.2 Å². The van der Waals surface area contributed by atoms with E-state index >= 15 is 0 Å². The van der Waals surface area contributed by atoms with Crippen LogP contribution in [0.4, 0.5) is 5.13 Å². The van der Waals surface area contributed by atoms with Crippen molar-refractivity contribution in [3.63, 3.8) is 0 Å². The number of hydrogen-bond donors (Lipinski definition) is 1. The Hall–Kier alpha value is -1.88. The van der Waals surface area contributed by atoms with Gasteiger partial charge in [0.25, 0.3) is 5.91 Å². The predicted molar refractivity (Wildman–Crippen MR) is 86.4 cm³/mol. The van der Waals surface area contributed by atoms with E-state index in [0.29, 0.717) is 5.13 Å². The molecule has 1 amide bonds. The van der Waals surface area contributed by atoms with E-state index < -0.39 is 0 Å². The number of nitrogens with one attached hydrogen (secondary N) is 1. The monoisotopic (exact) mass is 304 g/mol. The van der Waals surface area contributed by atoms with Gasteiger partial charge in [0, 0.05) is 4.88 Å². The first-order chi connectivity index (χ1) is 9.86. The number of thiazole rings is 1. The molecular formula is C16H20N2O2S. The van der Waals surface area contributed by atoms with E-state index in [2.05, 4.69) is 10.3 Å². The SMILES string of the molecule is Cc1cc(C)c(OCC(=O)Nc2nc(C)c(C)s2)c(C)c1. The number of aryl methyl sites for hydroxylation is 5. The van der Waals surface area contributed by atoms with Crippen LogP contribution in [-0.2, 0) is 4.79 Å². The number of anilines is 1. The minimum atomic E-state index is -0.192. The molecule has 5 heteroatoms. The molecule has 1 heterocycles. The van der Waals surface area contributed by atoms with Crippen molar-refractivity contribution >= 4 is 22.4 Å². The third-order valence-corrected chi connectivity index (χ3v) is 4.22. The zero-order chi connectivity index (χ0) is 15.6. The number of rotatable bonds is 4. The second-order valence-electron chi connectivity index (χ2n) is 5.23. The maximum atomic E-state index is 11.9. The van der Waals surface area contributed by atoms with Crippen LogP contribution < -0.4 is 10.1 Å². The summed E-state index contributed by atoms with van der Waals surface area (Å²) in [5.74, 6) is 0.588. The lowest BCUT2D eigenvalue weighted by molar-refractivity contribution is -0.118. The molecule has 0 saturated heterocycles. The molecule has 0 fully saturated rings. The first-order valence-corrected chi connectivity index (χ1v) is 7.63. The average Bonchev–Trinajstić information content (AvgIpc) is 2.66. The number of nitrogens with zero attached hydrogens (tertiary/aromatic N) is 1. The van der Waals surface area contributed by atoms with E-state index in [0.717, 1.165) is 27.4 Å². The summed E-state index contributed by atoms with van der Waals surface area (Å²) in [4.78, 5) is 17.3. The zero-order valence-corrected chi connectivity index (χ0v) is 13.9. The fraction of sp³-hybridized carbons (Fsp3) is 0.375. The van der Waals surface area contributed by atoms with Crippen LogP contribution in [0.1, 0.15) is 27.3 Å². The van der Waals surface area contributed by atoms with E-state index in [-0.39, 0.29) is 12.5 Å². The van der Waals surface area contributed by atoms with E-state index in [1.165, 1.54) is 16.9 Å². The van der Waals surface area contributed by atoms with Crippen molar-refractivity contribution in [3.05, 3.63) is 39.4 Å². The van der Waals surface area contributed by atoms with Crippen molar-refractivity contribution < 1.29 is 9.53 Å². The summed E-state index contributed by atoms with van der Waals surface area (Å²) >= 11 is 1.47. The molecule has 0 radical (unpaired) electrons. The Morgan fingerprint density at radius 3 is 2.33 bits per heavy atom. The van der Waals surface area contributed by atoms with Crippen molar-refractivity contribution in [3.8, 4) is 5.75 Å². The van der Waals surface area contributed by atoms with Gasteiger partial charge in [-0.3, -0.25) is 10.1 Å². The number of carbonyl (C=O) groups excluding carboxylic acids is 1. The van der Waals surface area contributed by atoms with E-state index in [1.54, 1.807) is 0 Å². The van der Waals surface area contributed by atoms with Crippen LogP contribution in [0.3, 0.4) is 0 Å². The molecule has 0 unspecified atom stereocenters. The Bertz CT molecular complexity index is 634. The van der Waals surface area contributed by atoms with Crippen molar-refractivity contribution in [2.24, 2.45) is 0 Å². The molecule has 1 aromatic carbocycles. The van der Waals surface area contributed by atoms with Gasteiger partial charge < -0.3 is 4.74 Å². The van der Waals surface area contributed by atoms with Gasteiger partial charge in [0.05, 0.1) is 5.69 Å². The molecule has 2 aromatic rings. The molecule has 1 N–H and O–H groups in total. The molecule has 0 bridgehead atoms. The Morgan fingerprint density at radius 1 is 1.19 bits per heavy atom. The van der Waals surface area contributed by atoms with Crippen LogP contribution in [0, 0.1) is 34.6 Å². The Labute approximate surface area is 129 Å². The number of ether oxygens (including phenoxy) is 1. The van der Waals surface area contributed by atoms with Crippen molar-refractivity contribution in [1.82, 2.24) is 4.98 Å². The third kappa shape index (κ3) is 3.82. The molecule has 1 aromatic heterocycles. The summed E-state index contributed by atoms with van der Waals surface area (Å²) in [5, 5.41) is 3.39. The smallest absolute Gasteiger partial charge is 0.264 e.